The minimum Gasteiger partial charge on any atom is -0.478 e. The second-order valence-corrected chi connectivity index (χ2v) is 14.0. The van der Waals surface area contributed by atoms with Crippen LogP contribution in [0.2, 0.25) is 0 Å². The number of nitrogens with zero attached hydrogens (tertiary/aromatic N) is 7. The summed E-state index contributed by atoms with van der Waals surface area (Å²) in [6.45, 7) is -1.19. The summed E-state index contributed by atoms with van der Waals surface area (Å²) in [5, 5.41) is 28.0. The smallest absolute Gasteiger partial charge is 0.289 e. The molecule has 0 aliphatic carbocycles. The van der Waals surface area contributed by atoms with Crippen molar-refractivity contribution in [2.45, 2.75) is 16.2 Å². The molecule has 0 fully saturated rings. The Labute approximate surface area is 267 Å². The third kappa shape index (κ3) is 5.96. The molecule has 5 aromatic rings. The van der Waals surface area contributed by atoms with Gasteiger partial charge in [-0.1, -0.05) is 36.4 Å². The molecular weight excluding hydrogens is 654 g/mol. The van der Waals surface area contributed by atoms with Gasteiger partial charge in [-0.2, -0.15) is 14.4 Å². The summed E-state index contributed by atoms with van der Waals surface area (Å²) in [5.41, 5.74) is 0.208. The summed E-state index contributed by atoms with van der Waals surface area (Å²) in [6.07, 6.45) is 3.27. The number of hydrogen-bond donors (Lipinski definition) is 0. The van der Waals surface area contributed by atoms with E-state index in [1.54, 1.807) is 30.6 Å². The number of hydrogen-bond acceptors (Lipinski definition) is 11. The molecule has 16 nitrogen and oxygen atoms in total. The van der Waals surface area contributed by atoms with E-state index in [0.29, 0.717) is 16.8 Å². The molecule has 0 spiro atoms. The van der Waals surface area contributed by atoms with Gasteiger partial charge in [0.05, 0.1) is 28.3 Å². The highest BCUT2D eigenvalue weighted by Gasteiger charge is 2.35. The summed E-state index contributed by atoms with van der Waals surface area (Å²) < 4.78 is 65.7. The molecule has 0 atom stereocenters. The first-order valence-corrected chi connectivity index (χ1v) is 16.9. The van der Waals surface area contributed by atoms with E-state index in [9.17, 15) is 37.1 Å². The van der Waals surface area contributed by atoms with E-state index < -0.39 is 64.1 Å². The van der Waals surface area contributed by atoms with E-state index in [1.807, 2.05) is 0 Å². The van der Waals surface area contributed by atoms with E-state index in [-0.39, 0.29) is 31.1 Å². The molecule has 2 aromatic heterocycles. The molecule has 4 bridgehead atoms. The first-order valence-electron chi connectivity index (χ1n) is 14.1. The SMILES string of the molecule is O=[N+]([O-])c1ccccc1S(=O)(=O)N1CCCOc2ccn3ncc(c3n2)-c2cccc(c2)N(S(=O)(=O)c2ccccc2[N+](=O)[O-])CC1. The molecule has 1 aliphatic rings. The molecule has 3 heterocycles. The van der Waals surface area contributed by atoms with Gasteiger partial charge in [0.2, 0.25) is 15.9 Å². The van der Waals surface area contributed by atoms with Crippen LogP contribution in [0.25, 0.3) is 16.8 Å². The normalized spacial score (nSPS) is 14.7. The van der Waals surface area contributed by atoms with E-state index >= 15 is 0 Å². The zero-order valence-corrected chi connectivity index (χ0v) is 26.0. The van der Waals surface area contributed by atoms with Crippen LogP contribution in [-0.2, 0) is 20.0 Å². The van der Waals surface area contributed by atoms with Gasteiger partial charge in [0.1, 0.15) is 0 Å². The van der Waals surface area contributed by atoms with Gasteiger partial charge in [0.25, 0.3) is 21.4 Å². The Morgan fingerprint density at radius 2 is 1.43 bits per heavy atom. The Balaban J connectivity index is 1.52. The van der Waals surface area contributed by atoms with Gasteiger partial charge < -0.3 is 4.74 Å². The van der Waals surface area contributed by atoms with Crippen LogP contribution in [0.3, 0.4) is 0 Å². The topological polar surface area (TPSA) is 200 Å². The highest BCUT2D eigenvalue weighted by atomic mass is 32.2. The molecule has 18 heteroatoms. The maximum absolute atomic E-state index is 14.3. The molecule has 3 aromatic carbocycles. The van der Waals surface area contributed by atoms with Crippen LogP contribution in [0.5, 0.6) is 5.88 Å². The standard InChI is InChI=1S/C29H25N7O9S2/c37-35(38)24-9-1-3-11-26(24)46(41,42)32-14-6-18-45-28-13-15-33-29(31-28)23(20-30-33)21-7-5-8-22(19-21)34(17-16-32)47(43,44)27-12-4-2-10-25(27)36(39)40/h1-5,7-13,15,19-20H,6,14,16-18H2. The number of anilines is 1. The molecule has 0 saturated heterocycles. The lowest BCUT2D eigenvalue weighted by Gasteiger charge is -2.28. The molecule has 242 valence electrons. The van der Waals surface area contributed by atoms with Crippen molar-refractivity contribution in [1.82, 2.24) is 18.9 Å². The molecule has 0 amide bonds. The van der Waals surface area contributed by atoms with Gasteiger partial charge in [-0.15, -0.1) is 0 Å². The van der Waals surface area contributed by atoms with E-state index in [4.69, 9.17) is 4.74 Å². The lowest BCUT2D eigenvalue weighted by molar-refractivity contribution is -0.388. The molecule has 6 rings (SSSR count). The fourth-order valence-electron chi connectivity index (χ4n) is 5.24. The number of para-hydroxylation sites is 2. The van der Waals surface area contributed by atoms with Crippen LogP contribution in [-0.4, -0.2) is 71.8 Å². The Morgan fingerprint density at radius 1 is 0.766 bits per heavy atom. The van der Waals surface area contributed by atoms with Gasteiger partial charge in [0, 0.05) is 49.6 Å². The average molecular weight is 680 g/mol. The minimum atomic E-state index is -4.69. The average Bonchev–Trinajstić information content (AvgIpc) is 3.48. The maximum atomic E-state index is 14.3. The Hall–Kier alpha value is -5.46. The minimum absolute atomic E-state index is 0.00151. The molecule has 0 saturated carbocycles. The van der Waals surface area contributed by atoms with Crippen LogP contribution in [0.15, 0.2) is 101 Å². The second-order valence-electron chi connectivity index (χ2n) is 10.3. The summed E-state index contributed by atoms with van der Waals surface area (Å²) in [7, 11) is -9.26. The highest BCUT2D eigenvalue weighted by molar-refractivity contribution is 7.93. The Morgan fingerprint density at radius 3 is 2.11 bits per heavy atom. The van der Waals surface area contributed by atoms with Crippen molar-refractivity contribution in [2.75, 3.05) is 30.5 Å². The Bertz CT molecular complexity index is 2240. The van der Waals surface area contributed by atoms with Crippen LogP contribution < -0.4 is 9.04 Å². The fourth-order valence-corrected chi connectivity index (χ4v) is 8.47. The van der Waals surface area contributed by atoms with Crippen molar-refractivity contribution in [3.8, 4) is 17.0 Å². The molecule has 0 N–H and O–H groups in total. The van der Waals surface area contributed by atoms with Gasteiger partial charge in [0.15, 0.2) is 15.4 Å². The van der Waals surface area contributed by atoms with E-state index in [2.05, 4.69) is 10.1 Å². The monoisotopic (exact) mass is 679 g/mol. The van der Waals surface area contributed by atoms with Crippen molar-refractivity contribution in [1.29, 1.82) is 0 Å². The molecule has 47 heavy (non-hydrogen) atoms. The first-order chi connectivity index (χ1) is 22.5. The van der Waals surface area contributed by atoms with Crippen molar-refractivity contribution in [3.05, 3.63) is 111 Å². The number of nitro groups is 2. The predicted octanol–water partition coefficient (Wildman–Crippen LogP) is 3.88. The zero-order valence-electron chi connectivity index (χ0n) is 24.3. The van der Waals surface area contributed by atoms with Gasteiger partial charge in [-0.05, 0) is 36.2 Å². The second kappa shape index (κ2) is 12.4. The van der Waals surface area contributed by atoms with Crippen LogP contribution in [0.4, 0.5) is 17.1 Å². The largest absolute Gasteiger partial charge is 0.478 e. The lowest BCUT2D eigenvalue weighted by Crippen LogP contribution is -2.42. The summed E-state index contributed by atoms with van der Waals surface area (Å²) in [6, 6.07) is 17.6. The van der Waals surface area contributed by atoms with E-state index in [1.165, 1.54) is 40.9 Å². The zero-order chi connectivity index (χ0) is 33.3. The first kappa shape index (κ1) is 31.5. The number of sulfonamides is 2. The highest BCUT2D eigenvalue weighted by Crippen LogP contribution is 2.34. The fraction of sp³-hybridized carbons (Fsp3) is 0.172. The summed E-state index contributed by atoms with van der Waals surface area (Å²) in [5.74, 6) is 0.235. The predicted molar refractivity (Wildman–Crippen MR) is 168 cm³/mol. The van der Waals surface area contributed by atoms with Crippen molar-refractivity contribution in [2.24, 2.45) is 0 Å². The summed E-state index contributed by atoms with van der Waals surface area (Å²) in [4.78, 5) is 25.4. The third-order valence-electron chi connectivity index (χ3n) is 7.45. The van der Waals surface area contributed by atoms with Gasteiger partial charge in [-0.3, -0.25) is 24.5 Å². The van der Waals surface area contributed by atoms with E-state index in [0.717, 1.165) is 32.9 Å². The van der Waals surface area contributed by atoms with Gasteiger partial charge in [-0.25, -0.2) is 21.4 Å². The van der Waals surface area contributed by atoms with Crippen molar-refractivity contribution < 1.29 is 31.4 Å². The third-order valence-corrected chi connectivity index (χ3v) is 11.3. The maximum Gasteiger partial charge on any atom is 0.289 e. The number of benzene rings is 3. The quantitative estimate of drug-likeness (QED) is 0.186. The molecular formula is C29H25N7O9S2. The molecule has 0 radical (unpaired) electrons. The number of ether oxygens (including phenoxy) is 1. The van der Waals surface area contributed by atoms with Crippen LogP contribution >= 0.6 is 0 Å². The van der Waals surface area contributed by atoms with Crippen molar-refractivity contribution >= 4 is 42.8 Å². The Kier molecular flexibility index (Phi) is 8.31. The number of nitro benzene ring substituents is 2. The number of rotatable bonds is 6. The lowest BCUT2D eigenvalue weighted by atomic mass is 10.1. The molecule has 0 unspecified atom stereocenters. The number of aromatic nitrogens is 3. The van der Waals surface area contributed by atoms with Crippen LogP contribution in [0.1, 0.15) is 6.42 Å². The van der Waals surface area contributed by atoms with Crippen LogP contribution in [0, 0.1) is 20.2 Å². The molecule has 1 aliphatic heterocycles. The van der Waals surface area contributed by atoms with Crippen molar-refractivity contribution in [3.63, 3.8) is 0 Å². The summed E-state index contributed by atoms with van der Waals surface area (Å²) >= 11 is 0. The van der Waals surface area contributed by atoms with Gasteiger partial charge >= 0.3 is 0 Å². The number of fused-ring (bicyclic) bond motifs is 4.